The number of aromatic nitrogens is 6. The van der Waals surface area contributed by atoms with Crippen LogP contribution in [0, 0.1) is 0 Å². The number of rotatable bonds is 3. The Morgan fingerprint density at radius 2 is 1.75 bits per heavy atom. The highest BCUT2D eigenvalue weighted by Crippen LogP contribution is 2.17. The summed E-state index contributed by atoms with van der Waals surface area (Å²) in [6, 6.07) is 0. The van der Waals surface area contributed by atoms with E-state index >= 15 is 0 Å². The van der Waals surface area contributed by atoms with E-state index in [-0.39, 0.29) is 0 Å². The van der Waals surface area contributed by atoms with Gasteiger partial charge in [0.15, 0.2) is 0 Å². The third-order valence-corrected chi connectivity index (χ3v) is 3.35. The molecular weight excluding hydrogens is 256 g/mol. The van der Waals surface area contributed by atoms with Crippen LogP contribution < -0.4 is 10.2 Å². The number of nitrogens with zero attached hydrogens (tertiary/aromatic N) is 7. The highest BCUT2D eigenvalue weighted by Gasteiger charge is 2.16. The van der Waals surface area contributed by atoms with Gasteiger partial charge in [0.05, 0.1) is 0 Å². The van der Waals surface area contributed by atoms with Crippen LogP contribution >= 0.6 is 0 Å². The Balaban J connectivity index is 1.95. The Hall–Kier alpha value is -2.25. The zero-order chi connectivity index (χ0) is 13.8. The maximum atomic E-state index is 4.51. The summed E-state index contributed by atoms with van der Waals surface area (Å²) in [5, 5.41) is 7.05. The molecule has 0 aliphatic carbocycles. The third-order valence-electron chi connectivity index (χ3n) is 3.35. The number of hydrogen-bond donors (Lipinski definition) is 1. The topological polar surface area (TPSA) is 84.7 Å². The Morgan fingerprint density at radius 3 is 2.40 bits per heavy atom. The molecule has 0 saturated carbocycles. The second kappa shape index (κ2) is 5.81. The summed E-state index contributed by atoms with van der Waals surface area (Å²) in [6.07, 6.45) is 7.96. The minimum atomic E-state index is 0.487. The molecule has 0 amide bonds. The van der Waals surface area contributed by atoms with E-state index in [1.807, 2.05) is 0 Å². The predicted molar refractivity (Wildman–Crippen MR) is 75.0 cm³/mol. The summed E-state index contributed by atoms with van der Waals surface area (Å²) in [7, 11) is 1.80. The van der Waals surface area contributed by atoms with Crippen molar-refractivity contribution in [2.75, 3.05) is 30.4 Å². The summed E-state index contributed by atoms with van der Waals surface area (Å²) in [5.74, 6) is 1.74. The summed E-state index contributed by atoms with van der Waals surface area (Å²) in [6.45, 7) is 1.98. The molecule has 0 unspecified atom stereocenters. The maximum absolute atomic E-state index is 4.51. The van der Waals surface area contributed by atoms with Crippen molar-refractivity contribution in [2.45, 2.75) is 25.7 Å². The molecule has 1 aliphatic rings. The van der Waals surface area contributed by atoms with Crippen LogP contribution in [0.2, 0.25) is 0 Å². The fourth-order valence-corrected chi connectivity index (χ4v) is 2.29. The van der Waals surface area contributed by atoms with Gasteiger partial charge in [-0.25, -0.2) is 4.98 Å². The summed E-state index contributed by atoms with van der Waals surface area (Å²) in [5.41, 5.74) is 0. The van der Waals surface area contributed by atoms with Crippen LogP contribution in [0.5, 0.6) is 0 Å². The zero-order valence-electron chi connectivity index (χ0n) is 11.5. The maximum Gasteiger partial charge on any atom is 0.258 e. The van der Waals surface area contributed by atoms with E-state index in [0.29, 0.717) is 17.8 Å². The van der Waals surface area contributed by atoms with E-state index in [1.165, 1.54) is 32.0 Å². The lowest BCUT2D eigenvalue weighted by molar-refractivity contribution is 0.726. The molecular formula is C12H18N8. The quantitative estimate of drug-likeness (QED) is 0.889. The van der Waals surface area contributed by atoms with Crippen LogP contribution in [0.25, 0.3) is 5.95 Å². The monoisotopic (exact) mass is 274 g/mol. The number of nitrogens with one attached hydrogen (secondary N) is 1. The van der Waals surface area contributed by atoms with Gasteiger partial charge in [0.1, 0.15) is 12.7 Å². The van der Waals surface area contributed by atoms with Crippen molar-refractivity contribution in [3.05, 3.63) is 12.7 Å². The second-order valence-corrected chi connectivity index (χ2v) is 4.75. The van der Waals surface area contributed by atoms with Gasteiger partial charge < -0.3 is 10.2 Å². The van der Waals surface area contributed by atoms with Gasteiger partial charge in [0.2, 0.25) is 11.9 Å². The largest absolute Gasteiger partial charge is 0.357 e. The van der Waals surface area contributed by atoms with E-state index in [9.17, 15) is 0 Å². The molecule has 8 heteroatoms. The molecule has 0 aromatic carbocycles. The minimum absolute atomic E-state index is 0.487. The van der Waals surface area contributed by atoms with Crippen molar-refractivity contribution in [2.24, 2.45) is 0 Å². The van der Waals surface area contributed by atoms with Gasteiger partial charge in [-0.05, 0) is 12.8 Å². The molecule has 2 aromatic rings. The van der Waals surface area contributed by atoms with Crippen LogP contribution in [0.15, 0.2) is 12.7 Å². The first kappa shape index (κ1) is 12.8. The molecule has 3 rings (SSSR count). The molecule has 0 atom stereocenters. The lowest BCUT2D eigenvalue weighted by Crippen LogP contribution is -2.27. The second-order valence-electron chi connectivity index (χ2n) is 4.75. The van der Waals surface area contributed by atoms with Gasteiger partial charge in [-0.15, -0.1) is 0 Å². The molecule has 1 saturated heterocycles. The SMILES string of the molecule is CNc1nc(N2CCCCCC2)nc(-n2cncn2)n1. The summed E-state index contributed by atoms with van der Waals surface area (Å²) in [4.78, 5) is 19.4. The van der Waals surface area contributed by atoms with Gasteiger partial charge in [0.25, 0.3) is 5.95 Å². The first-order chi connectivity index (χ1) is 9.86. The van der Waals surface area contributed by atoms with E-state index in [4.69, 9.17) is 0 Å². The zero-order valence-corrected chi connectivity index (χ0v) is 11.5. The first-order valence-electron chi connectivity index (χ1n) is 6.90. The molecule has 1 aliphatic heterocycles. The fraction of sp³-hybridized carbons (Fsp3) is 0.583. The summed E-state index contributed by atoms with van der Waals surface area (Å²) < 4.78 is 1.55. The molecule has 1 fully saturated rings. The van der Waals surface area contributed by atoms with Crippen molar-refractivity contribution >= 4 is 11.9 Å². The lowest BCUT2D eigenvalue weighted by atomic mass is 10.2. The molecule has 8 nitrogen and oxygen atoms in total. The third kappa shape index (κ3) is 2.68. The van der Waals surface area contributed by atoms with Crippen molar-refractivity contribution < 1.29 is 0 Å². The smallest absolute Gasteiger partial charge is 0.258 e. The van der Waals surface area contributed by atoms with Crippen molar-refractivity contribution in [1.82, 2.24) is 29.7 Å². The van der Waals surface area contributed by atoms with Gasteiger partial charge >= 0.3 is 0 Å². The van der Waals surface area contributed by atoms with Gasteiger partial charge in [-0.3, -0.25) is 0 Å². The van der Waals surface area contributed by atoms with Crippen LogP contribution in [0.3, 0.4) is 0 Å². The first-order valence-corrected chi connectivity index (χ1v) is 6.90. The lowest BCUT2D eigenvalue weighted by Gasteiger charge is -2.20. The van der Waals surface area contributed by atoms with Crippen molar-refractivity contribution in [3.8, 4) is 5.95 Å². The average Bonchev–Trinajstić information content (AvgIpc) is 2.89. The van der Waals surface area contributed by atoms with Crippen LogP contribution in [0.4, 0.5) is 11.9 Å². The number of hydrogen-bond acceptors (Lipinski definition) is 7. The van der Waals surface area contributed by atoms with Crippen LogP contribution in [-0.4, -0.2) is 49.9 Å². The van der Waals surface area contributed by atoms with Crippen molar-refractivity contribution in [3.63, 3.8) is 0 Å². The Kier molecular flexibility index (Phi) is 3.71. The van der Waals surface area contributed by atoms with Gasteiger partial charge in [0, 0.05) is 20.1 Å². The minimum Gasteiger partial charge on any atom is -0.357 e. The molecule has 0 spiro atoms. The molecule has 1 N–H and O–H groups in total. The van der Waals surface area contributed by atoms with Crippen molar-refractivity contribution in [1.29, 1.82) is 0 Å². The fourth-order valence-electron chi connectivity index (χ4n) is 2.29. The van der Waals surface area contributed by atoms with E-state index in [2.05, 4.69) is 35.3 Å². The van der Waals surface area contributed by atoms with Crippen LogP contribution in [0.1, 0.15) is 25.7 Å². The summed E-state index contributed by atoms with van der Waals surface area (Å²) >= 11 is 0. The van der Waals surface area contributed by atoms with Gasteiger partial charge in [-0.2, -0.15) is 24.7 Å². The van der Waals surface area contributed by atoms with Crippen LogP contribution in [-0.2, 0) is 0 Å². The molecule has 3 heterocycles. The number of anilines is 2. The Bertz CT molecular complexity index is 545. The molecule has 106 valence electrons. The standard InChI is InChI=1S/C12H18N8/c1-13-10-16-11(19-6-4-2-3-5-7-19)18-12(17-10)20-9-14-8-15-20/h8-9H,2-7H2,1H3,(H,13,16,17,18). The van der Waals surface area contributed by atoms with E-state index in [0.717, 1.165) is 13.1 Å². The van der Waals surface area contributed by atoms with Gasteiger partial charge in [-0.1, -0.05) is 12.8 Å². The normalized spacial score (nSPS) is 15.9. The molecule has 0 radical (unpaired) electrons. The predicted octanol–water partition coefficient (Wildman–Crippen LogP) is 0.874. The molecule has 20 heavy (non-hydrogen) atoms. The average molecular weight is 274 g/mol. The van der Waals surface area contributed by atoms with E-state index < -0.39 is 0 Å². The highest BCUT2D eigenvalue weighted by atomic mass is 15.4. The molecule has 2 aromatic heterocycles. The highest BCUT2D eigenvalue weighted by molar-refractivity contribution is 5.39. The van der Waals surface area contributed by atoms with E-state index in [1.54, 1.807) is 18.1 Å². The molecule has 0 bridgehead atoms. The Morgan fingerprint density at radius 1 is 1.00 bits per heavy atom. The Labute approximate surface area is 117 Å².